The summed E-state index contributed by atoms with van der Waals surface area (Å²) in [5.74, 6) is -3.36. The van der Waals surface area contributed by atoms with E-state index >= 15 is 0 Å². The van der Waals surface area contributed by atoms with E-state index in [-0.39, 0.29) is 31.4 Å². The minimum absolute atomic E-state index is 0.0898. The number of likely N-dealkylation sites (tertiary alicyclic amines) is 1. The van der Waals surface area contributed by atoms with Gasteiger partial charge in [-0.1, -0.05) is 11.6 Å². The number of carbonyl (C=O) groups is 4. The van der Waals surface area contributed by atoms with Crippen molar-refractivity contribution in [3.63, 3.8) is 0 Å². The molecule has 29 heavy (non-hydrogen) atoms. The molecule has 5 N–H and O–H groups in total. The van der Waals surface area contributed by atoms with Gasteiger partial charge < -0.3 is 21.1 Å². The van der Waals surface area contributed by atoms with Gasteiger partial charge in [0.15, 0.2) is 0 Å². The van der Waals surface area contributed by atoms with Crippen LogP contribution in [-0.4, -0.2) is 54.8 Å². The number of primary amides is 1. The van der Waals surface area contributed by atoms with Gasteiger partial charge in [-0.15, -0.1) is 0 Å². The van der Waals surface area contributed by atoms with Crippen molar-refractivity contribution in [2.24, 2.45) is 17.6 Å². The summed E-state index contributed by atoms with van der Waals surface area (Å²) in [4.78, 5) is 52.6. The summed E-state index contributed by atoms with van der Waals surface area (Å²) in [6, 6.07) is 3.26. The first kappa shape index (κ1) is 19.5. The molecule has 0 radical (unpaired) electrons. The largest absolute Gasteiger partial charge is 0.383 e. The minimum atomic E-state index is -1.29. The van der Waals surface area contributed by atoms with E-state index in [1.807, 2.05) is 26.0 Å². The molecular weight excluding hydrogens is 376 g/mol. The van der Waals surface area contributed by atoms with Crippen molar-refractivity contribution in [2.45, 2.75) is 31.8 Å². The Bertz CT molecular complexity index is 945. The molecule has 9 heteroatoms. The van der Waals surface area contributed by atoms with Gasteiger partial charge in [-0.2, -0.15) is 0 Å². The molecule has 3 aliphatic heterocycles. The molecule has 4 rings (SSSR count). The van der Waals surface area contributed by atoms with Crippen molar-refractivity contribution in [3.05, 3.63) is 28.8 Å². The van der Waals surface area contributed by atoms with Crippen LogP contribution in [0.2, 0.25) is 0 Å². The summed E-state index contributed by atoms with van der Waals surface area (Å²) in [7, 11) is 1.49. The van der Waals surface area contributed by atoms with E-state index in [1.54, 1.807) is 5.32 Å². The average Bonchev–Trinajstić information content (AvgIpc) is 3.20. The van der Waals surface area contributed by atoms with Gasteiger partial charge in [0.05, 0.1) is 25.3 Å². The topological polar surface area (TPSA) is 135 Å². The van der Waals surface area contributed by atoms with E-state index in [0.717, 1.165) is 16.0 Å². The van der Waals surface area contributed by atoms with Gasteiger partial charge in [-0.05, 0) is 25.5 Å². The summed E-state index contributed by atoms with van der Waals surface area (Å²) >= 11 is 0. The number of hydrogen-bond acceptors (Lipinski definition) is 5. The number of nitrogens with one attached hydrogen (secondary N) is 1. The van der Waals surface area contributed by atoms with Crippen LogP contribution in [0.4, 0.5) is 5.69 Å². The minimum Gasteiger partial charge on any atom is -0.383 e. The summed E-state index contributed by atoms with van der Waals surface area (Å²) in [6.07, 6.45) is -0.0898. The molecule has 1 aromatic carbocycles. The highest BCUT2D eigenvalue weighted by Gasteiger charge is 2.74. The molecule has 3 heterocycles. The maximum Gasteiger partial charge on any atom is 0.291 e. The van der Waals surface area contributed by atoms with Gasteiger partial charge in [0.2, 0.25) is 23.3 Å². The molecule has 154 valence electrons. The molecule has 1 aromatic rings. The number of aryl methyl sites for hydroxylation is 2. The number of ether oxygens (including phenoxy) is 1. The van der Waals surface area contributed by atoms with Crippen LogP contribution in [0.1, 0.15) is 23.1 Å². The predicted molar refractivity (Wildman–Crippen MR) is 101 cm³/mol. The van der Waals surface area contributed by atoms with Crippen LogP contribution in [-0.2, 0) is 29.5 Å². The van der Waals surface area contributed by atoms with Gasteiger partial charge in [0, 0.05) is 12.7 Å². The summed E-state index contributed by atoms with van der Waals surface area (Å²) in [6.45, 7) is 4.13. The Kier molecular flexibility index (Phi) is 4.47. The molecule has 0 unspecified atom stereocenters. The van der Waals surface area contributed by atoms with Crippen LogP contribution in [0.5, 0.6) is 0 Å². The highest BCUT2D eigenvalue weighted by Crippen LogP contribution is 2.50. The first-order valence-corrected chi connectivity index (χ1v) is 9.64. The Morgan fingerprint density at radius 1 is 1.28 bits per heavy atom. The van der Waals surface area contributed by atoms with Crippen LogP contribution in [0, 0.1) is 25.7 Å². The number of hydrogen-bond donors (Lipinski definition) is 3. The van der Waals surface area contributed by atoms with Crippen LogP contribution in [0.15, 0.2) is 12.1 Å². The van der Waals surface area contributed by atoms with Crippen LogP contribution in [0.3, 0.4) is 0 Å². The number of imide groups is 1. The zero-order valence-corrected chi connectivity index (χ0v) is 16.7. The molecule has 4 atom stereocenters. The SMILES string of the molecule is COCCN1C(=O)[C@@H]2[C@H](CC(N)=O)[NH2+][C@@]3(C(=O)Nc4c(C)cc(C)cc43)[C@@H]2C1=O. The third-order valence-corrected chi connectivity index (χ3v) is 6.37. The molecule has 0 aromatic heterocycles. The first-order valence-electron chi connectivity index (χ1n) is 9.64. The summed E-state index contributed by atoms with van der Waals surface area (Å²) in [5, 5.41) is 4.63. The molecule has 4 amide bonds. The molecular formula is C20H25N4O5+. The lowest BCUT2D eigenvalue weighted by molar-refractivity contribution is -0.732. The van der Waals surface area contributed by atoms with Crippen molar-refractivity contribution in [2.75, 3.05) is 25.6 Å². The van der Waals surface area contributed by atoms with Crippen LogP contribution in [0.25, 0.3) is 0 Å². The van der Waals surface area contributed by atoms with Crippen molar-refractivity contribution in [3.8, 4) is 0 Å². The number of rotatable bonds is 5. The molecule has 3 aliphatic rings. The second kappa shape index (κ2) is 6.64. The summed E-state index contributed by atoms with van der Waals surface area (Å²) < 4.78 is 5.03. The van der Waals surface area contributed by atoms with Gasteiger partial charge in [0.25, 0.3) is 5.91 Å². The molecule has 9 nitrogen and oxygen atoms in total. The number of amides is 4. The zero-order valence-electron chi connectivity index (χ0n) is 16.7. The van der Waals surface area contributed by atoms with Gasteiger partial charge in [-0.25, -0.2) is 0 Å². The van der Waals surface area contributed by atoms with Gasteiger partial charge >= 0.3 is 0 Å². The Morgan fingerprint density at radius 2 is 2.00 bits per heavy atom. The van der Waals surface area contributed by atoms with Crippen LogP contribution >= 0.6 is 0 Å². The summed E-state index contributed by atoms with van der Waals surface area (Å²) in [5.41, 5.74) is 7.35. The molecule has 2 saturated heterocycles. The van der Waals surface area contributed by atoms with Gasteiger partial charge in [0.1, 0.15) is 17.9 Å². The molecule has 1 spiro atoms. The standard InChI is InChI=1S/C20H24N4O5/c1-9-6-10(2)16-11(7-9)20(19(28)22-16)15-14(12(23-20)8-13(21)25)17(26)24(18(15)27)4-5-29-3/h6-7,12,14-15,23H,4-5,8H2,1-3H3,(H2,21,25)(H,22,28)/p+1/t12-,14+,15-,20+/m0/s1. The number of carbonyl (C=O) groups excluding carboxylic acids is 4. The number of methoxy groups -OCH3 is 1. The lowest BCUT2D eigenvalue weighted by Gasteiger charge is -2.26. The maximum absolute atomic E-state index is 13.4. The van der Waals surface area contributed by atoms with E-state index in [1.165, 1.54) is 7.11 Å². The smallest absolute Gasteiger partial charge is 0.291 e. The highest BCUT2D eigenvalue weighted by atomic mass is 16.5. The quantitative estimate of drug-likeness (QED) is 0.517. The van der Waals surface area contributed by atoms with E-state index in [2.05, 4.69) is 5.32 Å². The fourth-order valence-corrected chi connectivity index (χ4v) is 5.30. The van der Waals surface area contributed by atoms with Gasteiger partial charge in [-0.3, -0.25) is 24.1 Å². The molecule has 0 aliphatic carbocycles. The van der Waals surface area contributed by atoms with Crippen molar-refractivity contribution in [1.29, 1.82) is 0 Å². The molecule has 0 saturated carbocycles. The van der Waals surface area contributed by atoms with E-state index < -0.39 is 35.2 Å². The maximum atomic E-state index is 13.4. The second-order valence-electron chi connectivity index (χ2n) is 8.15. The van der Waals surface area contributed by atoms with Crippen molar-refractivity contribution >= 4 is 29.3 Å². The van der Waals surface area contributed by atoms with Crippen LogP contribution < -0.4 is 16.4 Å². The van der Waals surface area contributed by atoms with E-state index in [4.69, 9.17) is 10.5 Å². The Labute approximate surface area is 167 Å². The normalized spacial score (nSPS) is 30.1. The zero-order chi connectivity index (χ0) is 21.1. The molecule has 0 bridgehead atoms. The number of fused-ring (bicyclic) bond motifs is 4. The lowest BCUT2D eigenvalue weighted by atomic mass is 9.76. The molecule has 2 fully saturated rings. The number of nitrogens with two attached hydrogens (primary N) is 2. The predicted octanol–water partition coefficient (Wildman–Crippen LogP) is -1.48. The highest BCUT2D eigenvalue weighted by molar-refractivity contribution is 6.14. The third kappa shape index (κ3) is 2.61. The lowest BCUT2D eigenvalue weighted by Crippen LogP contribution is -2.99. The van der Waals surface area contributed by atoms with E-state index in [0.29, 0.717) is 11.3 Å². The first-order chi connectivity index (χ1) is 13.7. The van der Waals surface area contributed by atoms with Crippen molar-refractivity contribution < 1.29 is 29.2 Å². The fraction of sp³-hybridized carbons (Fsp3) is 0.500. The second-order valence-corrected chi connectivity index (χ2v) is 8.15. The van der Waals surface area contributed by atoms with E-state index in [9.17, 15) is 19.2 Å². The Hall–Kier alpha value is -2.78. The average molecular weight is 401 g/mol. The number of anilines is 1. The number of benzene rings is 1. The fourth-order valence-electron chi connectivity index (χ4n) is 5.30. The monoisotopic (exact) mass is 401 g/mol. The number of nitrogens with zero attached hydrogens (tertiary/aromatic N) is 1. The Balaban J connectivity index is 1.87. The number of quaternary nitrogens is 1. The Morgan fingerprint density at radius 3 is 2.66 bits per heavy atom. The third-order valence-electron chi connectivity index (χ3n) is 6.37. The van der Waals surface area contributed by atoms with Crippen molar-refractivity contribution in [1.82, 2.24) is 4.90 Å².